The van der Waals surface area contributed by atoms with Gasteiger partial charge in [-0.15, -0.1) is 0 Å². The van der Waals surface area contributed by atoms with Gasteiger partial charge in [0, 0.05) is 11.6 Å². The summed E-state index contributed by atoms with van der Waals surface area (Å²) in [7, 11) is 0. The summed E-state index contributed by atoms with van der Waals surface area (Å²) in [6, 6.07) is 12.2. The van der Waals surface area contributed by atoms with Crippen molar-refractivity contribution >= 4 is 29.1 Å². The number of nitrogens with one attached hydrogen (secondary N) is 1. The maximum Gasteiger partial charge on any atom is 0.256 e. The summed E-state index contributed by atoms with van der Waals surface area (Å²) in [5.74, 6) is -0.660. The molecule has 1 heterocycles. The third kappa shape index (κ3) is 4.31. The number of aryl methyl sites for hydroxylation is 2. The van der Waals surface area contributed by atoms with Crippen molar-refractivity contribution in [3.63, 3.8) is 0 Å². The van der Waals surface area contributed by atoms with Gasteiger partial charge in [0.1, 0.15) is 11.0 Å². The largest absolute Gasteiger partial charge is 0.348 e. The highest BCUT2D eigenvalue weighted by atomic mass is 35.5. The number of amides is 1. The fourth-order valence-corrected chi connectivity index (χ4v) is 3.24. The lowest BCUT2D eigenvalue weighted by Crippen LogP contribution is -2.23. The molecule has 0 unspecified atom stereocenters. The molecule has 4 nitrogen and oxygen atoms in total. The Hall–Kier alpha value is -2.37. The second kappa shape index (κ2) is 8.11. The summed E-state index contributed by atoms with van der Waals surface area (Å²) >= 11 is 12.6. The van der Waals surface area contributed by atoms with E-state index in [4.69, 9.17) is 23.2 Å². The first-order chi connectivity index (χ1) is 12.9. The lowest BCUT2D eigenvalue weighted by atomic mass is 10.1. The minimum absolute atomic E-state index is 0.196. The van der Waals surface area contributed by atoms with E-state index in [0.717, 1.165) is 5.56 Å². The standard InChI is InChI=1S/C20H18Cl2FN3O/c1-12-7-8-14(9-17(12)23)10-24-20(27)18-13(2)25-26(19(18)22)11-15-5-3-4-6-16(15)21/h3-9H,10-11H2,1-2H3,(H,24,27). The van der Waals surface area contributed by atoms with E-state index < -0.39 is 0 Å². The van der Waals surface area contributed by atoms with Crippen LogP contribution >= 0.6 is 23.2 Å². The molecule has 0 aliphatic carbocycles. The summed E-state index contributed by atoms with van der Waals surface area (Å²) in [6.07, 6.45) is 0. The normalized spacial score (nSPS) is 10.9. The quantitative estimate of drug-likeness (QED) is 0.654. The van der Waals surface area contributed by atoms with Gasteiger partial charge in [0.15, 0.2) is 0 Å². The molecule has 0 spiro atoms. The molecular formula is C20H18Cl2FN3O. The van der Waals surface area contributed by atoms with Crippen molar-refractivity contribution in [3.8, 4) is 0 Å². The van der Waals surface area contributed by atoms with Crippen molar-refractivity contribution in [2.45, 2.75) is 26.9 Å². The summed E-state index contributed by atoms with van der Waals surface area (Å²) in [5, 5.41) is 7.96. The highest BCUT2D eigenvalue weighted by molar-refractivity contribution is 6.33. The number of nitrogens with zero attached hydrogens (tertiary/aromatic N) is 2. The van der Waals surface area contributed by atoms with Gasteiger partial charge in [0.25, 0.3) is 5.91 Å². The molecule has 27 heavy (non-hydrogen) atoms. The van der Waals surface area contributed by atoms with Crippen LogP contribution in [-0.4, -0.2) is 15.7 Å². The SMILES string of the molecule is Cc1ccc(CNC(=O)c2c(C)nn(Cc3ccccc3Cl)c2Cl)cc1F. The molecule has 0 radical (unpaired) electrons. The molecule has 0 aliphatic rings. The number of halogens is 3. The van der Waals surface area contributed by atoms with E-state index in [2.05, 4.69) is 10.4 Å². The van der Waals surface area contributed by atoms with Crippen LogP contribution in [0.1, 0.15) is 32.7 Å². The van der Waals surface area contributed by atoms with Crippen molar-refractivity contribution in [1.82, 2.24) is 15.1 Å². The third-order valence-corrected chi connectivity index (χ3v) is 5.01. The highest BCUT2D eigenvalue weighted by Crippen LogP contribution is 2.23. The monoisotopic (exact) mass is 405 g/mol. The van der Waals surface area contributed by atoms with Crippen LogP contribution < -0.4 is 5.32 Å². The fraction of sp³-hybridized carbons (Fsp3) is 0.200. The number of hydrogen-bond acceptors (Lipinski definition) is 2. The van der Waals surface area contributed by atoms with Crippen LogP contribution in [0.15, 0.2) is 42.5 Å². The summed E-state index contributed by atoms with van der Waals surface area (Å²) in [6.45, 7) is 3.96. The molecule has 0 saturated heterocycles. The van der Waals surface area contributed by atoms with Crippen LogP contribution in [0.3, 0.4) is 0 Å². The first-order valence-electron chi connectivity index (χ1n) is 8.36. The number of hydrogen-bond donors (Lipinski definition) is 1. The van der Waals surface area contributed by atoms with E-state index in [1.807, 2.05) is 18.2 Å². The average molecular weight is 406 g/mol. The molecule has 0 fully saturated rings. The Kier molecular flexibility index (Phi) is 5.82. The number of benzene rings is 2. The van der Waals surface area contributed by atoms with Gasteiger partial charge in [-0.3, -0.25) is 4.79 Å². The van der Waals surface area contributed by atoms with Gasteiger partial charge < -0.3 is 5.32 Å². The molecule has 0 atom stereocenters. The molecule has 3 rings (SSSR count). The predicted octanol–water partition coefficient (Wildman–Crippen LogP) is 4.92. The molecule has 1 aromatic heterocycles. The van der Waals surface area contributed by atoms with Crippen molar-refractivity contribution in [3.05, 3.63) is 86.4 Å². The van der Waals surface area contributed by atoms with Crippen molar-refractivity contribution in [2.24, 2.45) is 0 Å². The van der Waals surface area contributed by atoms with E-state index in [-0.39, 0.29) is 23.4 Å². The molecule has 2 aromatic carbocycles. The molecule has 3 aromatic rings. The average Bonchev–Trinajstić information content (AvgIpc) is 2.91. The van der Waals surface area contributed by atoms with Crippen molar-refractivity contribution in [2.75, 3.05) is 0 Å². The van der Waals surface area contributed by atoms with Gasteiger partial charge in [-0.2, -0.15) is 5.10 Å². The Bertz CT molecular complexity index is 1000. The van der Waals surface area contributed by atoms with E-state index >= 15 is 0 Å². The van der Waals surface area contributed by atoms with E-state index in [1.54, 1.807) is 36.7 Å². The maximum absolute atomic E-state index is 13.6. The number of rotatable bonds is 5. The van der Waals surface area contributed by atoms with Gasteiger partial charge in [0.2, 0.25) is 0 Å². The van der Waals surface area contributed by atoms with Crippen LogP contribution in [0, 0.1) is 19.7 Å². The molecule has 140 valence electrons. The van der Waals surface area contributed by atoms with Gasteiger partial charge in [0.05, 0.1) is 17.8 Å². The third-order valence-electron chi connectivity index (χ3n) is 4.26. The zero-order valence-electron chi connectivity index (χ0n) is 14.9. The number of carbonyl (C=O) groups is 1. The molecular weight excluding hydrogens is 388 g/mol. The van der Waals surface area contributed by atoms with Crippen LogP contribution in [0.2, 0.25) is 10.2 Å². The summed E-state index contributed by atoms with van der Waals surface area (Å²) in [5.41, 5.74) is 2.90. The first-order valence-corrected chi connectivity index (χ1v) is 9.12. The predicted molar refractivity (Wildman–Crippen MR) is 105 cm³/mol. The number of carbonyl (C=O) groups excluding carboxylic acids is 1. The molecule has 1 amide bonds. The summed E-state index contributed by atoms with van der Waals surface area (Å²) in [4.78, 5) is 12.6. The van der Waals surface area contributed by atoms with Crippen molar-refractivity contribution in [1.29, 1.82) is 0 Å². The minimum Gasteiger partial charge on any atom is -0.348 e. The van der Waals surface area contributed by atoms with Crippen LogP contribution in [0.4, 0.5) is 4.39 Å². The Morgan fingerprint density at radius 1 is 1.19 bits per heavy atom. The van der Waals surface area contributed by atoms with E-state index in [1.165, 1.54) is 6.07 Å². The van der Waals surface area contributed by atoms with Gasteiger partial charge in [-0.05, 0) is 42.7 Å². The first kappa shape index (κ1) is 19.4. The Morgan fingerprint density at radius 2 is 1.93 bits per heavy atom. The number of aromatic nitrogens is 2. The second-order valence-electron chi connectivity index (χ2n) is 6.27. The van der Waals surface area contributed by atoms with Crippen LogP contribution in [-0.2, 0) is 13.1 Å². The fourth-order valence-electron chi connectivity index (χ4n) is 2.72. The van der Waals surface area contributed by atoms with Crippen LogP contribution in [0.25, 0.3) is 0 Å². The molecule has 0 bridgehead atoms. The Morgan fingerprint density at radius 3 is 2.63 bits per heavy atom. The maximum atomic E-state index is 13.6. The molecule has 0 aliphatic heterocycles. The Labute approximate surface area is 166 Å². The zero-order valence-corrected chi connectivity index (χ0v) is 16.4. The highest BCUT2D eigenvalue weighted by Gasteiger charge is 2.20. The summed E-state index contributed by atoms with van der Waals surface area (Å²) < 4.78 is 15.2. The van der Waals surface area contributed by atoms with Gasteiger partial charge >= 0.3 is 0 Å². The molecule has 0 saturated carbocycles. The smallest absolute Gasteiger partial charge is 0.256 e. The van der Waals surface area contributed by atoms with E-state index in [0.29, 0.717) is 34.0 Å². The zero-order chi connectivity index (χ0) is 19.6. The lowest BCUT2D eigenvalue weighted by molar-refractivity contribution is 0.0950. The second-order valence-corrected chi connectivity index (χ2v) is 7.03. The Balaban J connectivity index is 1.76. The van der Waals surface area contributed by atoms with E-state index in [9.17, 15) is 9.18 Å². The van der Waals surface area contributed by atoms with Gasteiger partial charge in [-0.1, -0.05) is 53.5 Å². The van der Waals surface area contributed by atoms with Gasteiger partial charge in [-0.25, -0.2) is 9.07 Å². The minimum atomic E-state index is -0.358. The van der Waals surface area contributed by atoms with Crippen molar-refractivity contribution < 1.29 is 9.18 Å². The molecule has 1 N–H and O–H groups in total. The van der Waals surface area contributed by atoms with Crippen LogP contribution in [0.5, 0.6) is 0 Å². The topological polar surface area (TPSA) is 46.9 Å². The molecule has 7 heteroatoms. The lowest BCUT2D eigenvalue weighted by Gasteiger charge is -2.07.